The van der Waals surface area contributed by atoms with Gasteiger partial charge in [0.25, 0.3) is 0 Å². The zero-order chi connectivity index (χ0) is 13.9. The number of ether oxygens (including phenoxy) is 2. The van der Waals surface area contributed by atoms with Crippen molar-refractivity contribution < 1.29 is 19.4 Å². The van der Waals surface area contributed by atoms with Crippen LogP contribution >= 0.6 is 0 Å². The molecule has 2 N–H and O–H groups in total. The van der Waals surface area contributed by atoms with E-state index >= 15 is 0 Å². The molecule has 0 unspecified atom stereocenters. The molecule has 1 aliphatic heterocycles. The normalized spacial score (nSPS) is 13.4. The monoisotopic (exact) mass is 265 g/mol. The molecule has 1 heterocycles. The van der Waals surface area contributed by atoms with Gasteiger partial charge in [-0.15, -0.1) is 0 Å². The van der Waals surface area contributed by atoms with Crippen molar-refractivity contribution in [3.63, 3.8) is 0 Å². The van der Waals surface area contributed by atoms with E-state index in [0.717, 1.165) is 17.1 Å². The quantitative estimate of drug-likeness (QED) is 0.840. The van der Waals surface area contributed by atoms with Crippen LogP contribution in [-0.2, 0) is 11.2 Å². The van der Waals surface area contributed by atoms with Gasteiger partial charge in [0.1, 0.15) is 0 Å². The molecule has 1 aromatic rings. The minimum atomic E-state index is -0.881. The number of benzene rings is 1. The predicted molar refractivity (Wildman–Crippen MR) is 70.2 cm³/mol. The maximum atomic E-state index is 11.6. The fraction of sp³-hybridized carbons (Fsp3) is 0.500. The van der Waals surface area contributed by atoms with Crippen molar-refractivity contribution in [1.29, 1.82) is 0 Å². The third-order valence-corrected chi connectivity index (χ3v) is 2.80. The molecule has 104 valence electrons. The van der Waals surface area contributed by atoms with E-state index in [1.807, 2.05) is 18.2 Å². The van der Waals surface area contributed by atoms with Crippen LogP contribution in [0.4, 0.5) is 0 Å². The smallest absolute Gasteiger partial charge is 0.231 e. The van der Waals surface area contributed by atoms with Gasteiger partial charge >= 0.3 is 0 Å². The Balaban J connectivity index is 1.81. The SMILES string of the molecule is CC(C)(O)CNC(=O)CCc1ccc2c(c1)OCO2. The molecular formula is C14H19NO4. The molecule has 1 amide bonds. The molecule has 0 bridgehead atoms. The number of fused-ring (bicyclic) bond motifs is 1. The summed E-state index contributed by atoms with van der Waals surface area (Å²) in [5.74, 6) is 1.41. The molecule has 0 aliphatic carbocycles. The second-order valence-electron chi connectivity index (χ2n) is 5.28. The summed E-state index contributed by atoms with van der Waals surface area (Å²) in [4.78, 5) is 11.6. The Bertz CT molecular complexity index is 465. The van der Waals surface area contributed by atoms with E-state index in [9.17, 15) is 9.90 Å². The van der Waals surface area contributed by atoms with E-state index in [4.69, 9.17) is 9.47 Å². The maximum absolute atomic E-state index is 11.6. The minimum Gasteiger partial charge on any atom is -0.454 e. The van der Waals surface area contributed by atoms with Crippen LogP contribution in [0.2, 0.25) is 0 Å². The highest BCUT2D eigenvalue weighted by Crippen LogP contribution is 2.32. The van der Waals surface area contributed by atoms with Crippen LogP contribution in [0.25, 0.3) is 0 Å². The standard InChI is InChI=1S/C14H19NO4/c1-14(2,17)8-15-13(16)6-4-10-3-5-11-12(7-10)19-9-18-11/h3,5,7,17H,4,6,8-9H2,1-2H3,(H,15,16). The highest BCUT2D eigenvalue weighted by molar-refractivity contribution is 5.76. The first-order valence-corrected chi connectivity index (χ1v) is 6.32. The predicted octanol–water partition coefficient (Wildman–Crippen LogP) is 1.23. The van der Waals surface area contributed by atoms with Crippen LogP contribution < -0.4 is 14.8 Å². The number of amides is 1. The molecule has 1 aliphatic rings. The highest BCUT2D eigenvalue weighted by Gasteiger charge is 2.15. The summed E-state index contributed by atoms with van der Waals surface area (Å²) >= 11 is 0. The lowest BCUT2D eigenvalue weighted by Crippen LogP contribution is -2.38. The molecule has 2 rings (SSSR count). The van der Waals surface area contributed by atoms with Crippen LogP contribution in [0.3, 0.4) is 0 Å². The van der Waals surface area contributed by atoms with Crippen LogP contribution in [0.1, 0.15) is 25.8 Å². The second kappa shape index (κ2) is 5.48. The number of carbonyl (C=O) groups is 1. The van der Waals surface area contributed by atoms with Gasteiger partial charge in [-0.3, -0.25) is 4.79 Å². The Hall–Kier alpha value is -1.75. The number of nitrogens with one attached hydrogen (secondary N) is 1. The number of hydrogen-bond acceptors (Lipinski definition) is 4. The number of rotatable bonds is 5. The topological polar surface area (TPSA) is 67.8 Å². The van der Waals surface area contributed by atoms with Crippen molar-refractivity contribution >= 4 is 5.91 Å². The van der Waals surface area contributed by atoms with Gasteiger partial charge in [0, 0.05) is 13.0 Å². The molecule has 0 saturated carbocycles. The molecule has 5 nitrogen and oxygen atoms in total. The van der Waals surface area contributed by atoms with Gasteiger partial charge in [0.15, 0.2) is 11.5 Å². The van der Waals surface area contributed by atoms with Gasteiger partial charge < -0.3 is 19.9 Å². The van der Waals surface area contributed by atoms with Crippen LogP contribution in [0.15, 0.2) is 18.2 Å². The largest absolute Gasteiger partial charge is 0.454 e. The van der Waals surface area contributed by atoms with Crippen molar-refractivity contribution in [2.45, 2.75) is 32.3 Å². The van der Waals surface area contributed by atoms with Crippen molar-refractivity contribution in [3.05, 3.63) is 23.8 Å². The Morgan fingerprint density at radius 1 is 1.37 bits per heavy atom. The summed E-state index contributed by atoms with van der Waals surface area (Å²) < 4.78 is 10.5. The third kappa shape index (κ3) is 4.13. The number of carbonyl (C=O) groups excluding carboxylic acids is 1. The van der Waals surface area contributed by atoms with Gasteiger partial charge in [-0.05, 0) is 38.0 Å². The summed E-state index contributed by atoms with van der Waals surface area (Å²) in [5, 5.41) is 12.2. The Morgan fingerprint density at radius 2 is 2.11 bits per heavy atom. The van der Waals surface area contributed by atoms with Crippen molar-refractivity contribution in [2.75, 3.05) is 13.3 Å². The van der Waals surface area contributed by atoms with Crippen molar-refractivity contribution in [1.82, 2.24) is 5.32 Å². The number of aliphatic hydroxyl groups is 1. The highest BCUT2D eigenvalue weighted by atomic mass is 16.7. The molecule has 0 spiro atoms. The van der Waals surface area contributed by atoms with Gasteiger partial charge in [-0.2, -0.15) is 0 Å². The molecule has 0 atom stereocenters. The van der Waals surface area contributed by atoms with Crippen LogP contribution in [0, 0.1) is 0 Å². The second-order valence-corrected chi connectivity index (χ2v) is 5.28. The minimum absolute atomic E-state index is 0.0696. The van der Waals surface area contributed by atoms with Crippen molar-refractivity contribution in [2.24, 2.45) is 0 Å². The van der Waals surface area contributed by atoms with Gasteiger partial charge in [-0.25, -0.2) is 0 Å². The zero-order valence-electron chi connectivity index (χ0n) is 11.2. The average Bonchev–Trinajstić information content (AvgIpc) is 2.80. The van der Waals surface area contributed by atoms with E-state index < -0.39 is 5.60 Å². The summed E-state index contributed by atoms with van der Waals surface area (Å²) in [6.45, 7) is 3.83. The summed E-state index contributed by atoms with van der Waals surface area (Å²) in [5.41, 5.74) is 0.150. The molecule has 1 aromatic carbocycles. The molecule has 0 saturated heterocycles. The van der Waals surface area contributed by atoms with Gasteiger partial charge in [0.05, 0.1) is 5.60 Å². The average molecular weight is 265 g/mol. The molecule has 0 aromatic heterocycles. The fourth-order valence-electron chi connectivity index (χ4n) is 1.76. The lowest BCUT2D eigenvalue weighted by Gasteiger charge is -2.17. The van der Waals surface area contributed by atoms with E-state index in [1.54, 1.807) is 13.8 Å². The molecule has 0 fully saturated rings. The first kappa shape index (κ1) is 13.7. The third-order valence-electron chi connectivity index (χ3n) is 2.80. The molecule has 19 heavy (non-hydrogen) atoms. The summed E-state index contributed by atoms with van der Waals surface area (Å²) in [6.07, 6.45) is 1.02. The van der Waals surface area contributed by atoms with Gasteiger partial charge in [0.2, 0.25) is 12.7 Å². The first-order chi connectivity index (χ1) is 8.94. The van der Waals surface area contributed by atoms with E-state index in [-0.39, 0.29) is 19.2 Å². The Kier molecular flexibility index (Phi) is 3.95. The summed E-state index contributed by atoms with van der Waals surface area (Å²) in [6, 6.07) is 5.68. The Labute approximate surface area is 112 Å². The molecule has 0 radical (unpaired) electrons. The summed E-state index contributed by atoms with van der Waals surface area (Å²) in [7, 11) is 0. The van der Waals surface area contributed by atoms with E-state index in [0.29, 0.717) is 12.8 Å². The van der Waals surface area contributed by atoms with Crippen LogP contribution in [0.5, 0.6) is 11.5 Å². The maximum Gasteiger partial charge on any atom is 0.231 e. The van der Waals surface area contributed by atoms with E-state index in [1.165, 1.54) is 0 Å². The zero-order valence-corrected chi connectivity index (χ0v) is 11.2. The van der Waals surface area contributed by atoms with Crippen LogP contribution in [-0.4, -0.2) is 30.0 Å². The Morgan fingerprint density at radius 3 is 2.84 bits per heavy atom. The van der Waals surface area contributed by atoms with E-state index in [2.05, 4.69) is 5.32 Å². The molecular weight excluding hydrogens is 246 g/mol. The molecule has 5 heteroatoms. The lowest BCUT2D eigenvalue weighted by molar-refractivity contribution is -0.122. The first-order valence-electron chi connectivity index (χ1n) is 6.32. The van der Waals surface area contributed by atoms with Crippen molar-refractivity contribution in [3.8, 4) is 11.5 Å². The number of hydrogen-bond donors (Lipinski definition) is 2. The lowest BCUT2D eigenvalue weighted by atomic mass is 10.1. The number of aryl methyl sites for hydroxylation is 1. The fourth-order valence-corrected chi connectivity index (χ4v) is 1.76. The van der Waals surface area contributed by atoms with Gasteiger partial charge in [-0.1, -0.05) is 6.07 Å².